The Balaban J connectivity index is 1.94. The molecule has 0 amide bonds. The highest BCUT2D eigenvalue weighted by molar-refractivity contribution is 5.64. The molecule has 3 aromatic rings. The van der Waals surface area contributed by atoms with E-state index in [0.717, 1.165) is 17.1 Å². The minimum Gasteiger partial charge on any atom is -0.280 e. The molecule has 0 aromatic heterocycles. The molecule has 0 aliphatic carbocycles. The fourth-order valence-corrected chi connectivity index (χ4v) is 2.41. The van der Waals surface area contributed by atoms with Crippen LogP contribution in [0.5, 0.6) is 0 Å². The van der Waals surface area contributed by atoms with Crippen molar-refractivity contribution in [3.63, 3.8) is 0 Å². The first-order valence-electron chi connectivity index (χ1n) is 7.74. The molecule has 0 saturated carbocycles. The number of nitrogens with zero attached hydrogens (tertiary/aromatic N) is 1. The molecule has 23 heavy (non-hydrogen) atoms. The van der Waals surface area contributed by atoms with E-state index in [9.17, 15) is 0 Å². The zero-order valence-electron chi connectivity index (χ0n) is 13.5. The second-order valence-corrected chi connectivity index (χ2v) is 5.51. The van der Waals surface area contributed by atoms with Crippen molar-refractivity contribution in [2.24, 2.45) is 0 Å². The van der Waals surface area contributed by atoms with Crippen LogP contribution in [0, 0.1) is 13.8 Å². The second-order valence-electron chi connectivity index (χ2n) is 5.51. The normalized spacial score (nSPS) is 10.2. The number of benzene rings is 3. The zero-order chi connectivity index (χ0) is 16.1. The molecule has 0 unspecified atom stereocenters. The average Bonchev–Trinajstić information content (AvgIpc) is 2.59. The van der Waals surface area contributed by atoms with Crippen molar-refractivity contribution in [2.45, 2.75) is 13.8 Å². The number of aryl methyl sites for hydroxylation is 1. The van der Waals surface area contributed by atoms with Gasteiger partial charge in [-0.3, -0.25) is 10.9 Å². The Hall–Kier alpha value is -2.94. The van der Waals surface area contributed by atoms with Crippen LogP contribution in [0.25, 0.3) is 0 Å². The maximum atomic E-state index is 3.43. The Bertz CT molecular complexity index is 713. The Labute approximate surface area is 137 Å². The van der Waals surface area contributed by atoms with Gasteiger partial charge in [0.25, 0.3) is 0 Å². The summed E-state index contributed by atoms with van der Waals surface area (Å²) in [7, 11) is 0. The SMILES string of the molecule is Cc1cccc(N(Nc2ccccc2)Nc2ccccc2)c1C. The Morgan fingerprint density at radius 3 is 1.65 bits per heavy atom. The topological polar surface area (TPSA) is 27.3 Å². The van der Waals surface area contributed by atoms with E-state index in [2.05, 4.69) is 42.9 Å². The van der Waals surface area contributed by atoms with E-state index in [0.29, 0.717) is 0 Å². The first kappa shape index (κ1) is 15.0. The van der Waals surface area contributed by atoms with Crippen molar-refractivity contribution >= 4 is 17.1 Å². The van der Waals surface area contributed by atoms with Crippen molar-refractivity contribution < 1.29 is 0 Å². The summed E-state index contributed by atoms with van der Waals surface area (Å²) in [6, 6.07) is 26.6. The predicted molar refractivity (Wildman–Crippen MR) is 98.5 cm³/mol. The van der Waals surface area contributed by atoms with Crippen LogP contribution in [0.1, 0.15) is 11.1 Å². The van der Waals surface area contributed by atoms with Gasteiger partial charge in [0, 0.05) is 0 Å². The van der Waals surface area contributed by atoms with E-state index in [1.165, 1.54) is 11.1 Å². The van der Waals surface area contributed by atoms with Gasteiger partial charge in [0.1, 0.15) is 0 Å². The van der Waals surface area contributed by atoms with E-state index in [1.54, 1.807) is 0 Å². The summed E-state index contributed by atoms with van der Waals surface area (Å²) in [5.41, 5.74) is 12.5. The maximum absolute atomic E-state index is 3.43. The molecule has 116 valence electrons. The number of rotatable bonds is 5. The van der Waals surface area contributed by atoms with Crippen molar-refractivity contribution in [1.29, 1.82) is 0 Å². The molecule has 0 aliphatic rings. The Morgan fingerprint density at radius 2 is 1.13 bits per heavy atom. The average molecular weight is 303 g/mol. The van der Waals surface area contributed by atoms with Crippen LogP contribution in [0.3, 0.4) is 0 Å². The predicted octanol–water partition coefficient (Wildman–Crippen LogP) is 5.16. The third-order valence-electron chi connectivity index (χ3n) is 3.85. The van der Waals surface area contributed by atoms with E-state index in [1.807, 2.05) is 65.8 Å². The van der Waals surface area contributed by atoms with Gasteiger partial charge < -0.3 is 0 Å². The molecule has 3 rings (SSSR count). The third kappa shape index (κ3) is 3.64. The summed E-state index contributed by atoms with van der Waals surface area (Å²) in [6.07, 6.45) is 0. The zero-order valence-corrected chi connectivity index (χ0v) is 13.5. The van der Waals surface area contributed by atoms with Gasteiger partial charge in [-0.1, -0.05) is 48.5 Å². The first-order valence-corrected chi connectivity index (χ1v) is 7.74. The molecule has 3 nitrogen and oxygen atoms in total. The van der Waals surface area contributed by atoms with E-state index >= 15 is 0 Å². The summed E-state index contributed by atoms with van der Waals surface area (Å²) >= 11 is 0. The first-order chi connectivity index (χ1) is 11.2. The van der Waals surface area contributed by atoms with Gasteiger partial charge >= 0.3 is 0 Å². The molecule has 0 saturated heterocycles. The van der Waals surface area contributed by atoms with Crippen molar-refractivity contribution in [1.82, 2.24) is 0 Å². The van der Waals surface area contributed by atoms with Crippen LogP contribution < -0.4 is 16.0 Å². The smallest absolute Gasteiger partial charge is 0.0843 e. The van der Waals surface area contributed by atoms with Gasteiger partial charge in [-0.2, -0.15) is 5.12 Å². The molecular formula is C20H21N3. The van der Waals surface area contributed by atoms with Crippen molar-refractivity contribution in [3.8, 4) is 0 Å². The maximum Gasteiger partial charge on any atom is 0.0843 e. The fourth-order valence-electron chi connectivity index (χ4n) is 2.41. The Kier molecular flexibility index (Phi) is 4.48. The van der Waals surface area contributed by atoms with Crippen LogP contribution in [0.15, 0.2) is 78.9 Å². The highest BCUT2D eigenvalue weighted by Gasteiger charge is 2.11. The van der Waals surface area contributed by atoms with Gasteiger partial charge in [-0.25, -0.2) is 0 Å². The lowest BCUT2D eigenvalue weighted by molar-refractivity contribution is 1.04. The molecule has 0 heterocycles. The third-order valence-corrected chi connectivity index (χ3v) is 3.85. The van der Waals surface area contributed by atoms with Crippen molar-refractivity contribution in [2.75, 3.05) is 16.0 Å². The standard InChI is InChI=1S/C20H21N3/c1-16-10-9-15-20(17(16)2)23(21-18-11-5-3-6-12-18)22-19-13-7-4-8-14-19/h3-15,21-22H,1-2H3. The molecule has 0 spiro atoms. The van der Waals surface area contributed by atoms with Gasteiger partial charge in [0.15, 0.2) is 0 Å². The van der Waals surface area contributed by atoms with Gasteiger partial charge in [-0.05, 0) is 55.3 Å². The number of anilines is 3. The number of hydrazine groups is 2. The number of nitrogens with one attached hydrogen (secondary N) is 2. The van der Waals surface area contributed by atoms with E-state index in [-0.39, 0.29) is 0 Å². The highest BCUT2D eigenvalue weighted by atomic mass is 15.7. The summed E-state index contributed by atoms with van der Waals surface area (Å²) in [5, 5.41) is 1.97. The lowest BCUT2D eigenvalue weighted by atomic mass is 10.1. The van der Waals surface area contributed by atoms with Crippen LogP contribution in [0.2, 0.25) is 0 Å². The summed E-state index contributed by atoms with van der Waals surface area (Å²) < 4.78 is 0. The second kappa shape index (κ2) is 6.88. The Morgan fingerprint density at radius 1 is 0.609 bits per heavy atom. The molecular weight excluding hydrogens is 282 g/mol. The van der Waals surface area contributed by atoms with Gasteiger partial charge in [0.05, 0.1) is 17.1 Å². The lowest BCUT2D eigenvalue weighted by Crippen LogP contribution is -2.36. The van der Waals surface area contributed by atoms with E-state index in [4.69, 9.17) is 0 Å². The van der Waals surface area contributed by atoms with Crippen LogP contribution in [-0.2, 0) is 0 Å². The molecule has 0 fully saturated rings. The number of para-hydroxylation sites is 2. The minimum absolute atomic E-state index is 1.02. The lowest BCUT2D eigenvalue weighted by Gasteiger charge is -2.29. The molecule has 0 atom stereocenters. The van der Waals surface area contributed by atoms with Gasteiger partial charge in [0.2, 0.25) is 0 Å². The molecule has 0 aliphatic heterocycles. The summed E-state index contributed by atoms with van der Waals surface area (Å²) in [4.78, 5) is 0. The van der Waals surface area contributed by atoms with Crippen LogP contribution >= 0.6 is 0 Å². The fraction of sp³-hybridized carbons (Fsp3) is 0.100. The molecule has 2 N–H and O–H groups in total. The molecule has 3 heteroatoms. The monoisotopic (exact) mass is 303 g/mol. The number of hydrogen-bond acceptors (Lipinski definition) is 3. The summed E-state index contributed by atoms with van der Waals surface area (Å²) in [6.45, 7) is 4.26. The van der Waals surface area contributed by atoms with Crippen molar-refractivity contribution in [3.05, 3.63) is 90.0 Å². The minimum atomic E-state index is 1.02. The van der Waals surface area contributed by atoms with Gasteiger partial charge in [-0.15, -0.1) is 0 Å². The van der Waals surface area contributed by atoms with Crippen LogP contribution in [-0.4, -0.2) is 0 Å². The number of hydrogen-bond donors (Lipinski definition) is 2. The molecule has 0 radical (unpaired) electrons. The molecule has 0 bridgehead atoms. The quantitative estimate of drug-likeness (QED) is 0.637. The highest BCUT2D eigenvalue weighted by Crippen LogP contribution is 2.24. The van der Waals surface area contributed by atoms with E-state index < -0.39 is 0 Å². The summed E-state index contributed by atoms with van der Waals surface area (Å²) in [5.74, 6) is 0. The molecule has 3 aromatic carbocycles. The van der Waals surface area contributed by atoms with Crippen LogP contribution in [0.4, 0.5) is 17.1 Å². The largest absolute Gasteiger partial charge is 0.280 e.